The summed E-state index contributed by atoms with van der Waals surface area (Å²) in [4.78, 5) is 24.4. The summed E-state index contributed by atoms with van der Waals surface area (Å²) in [6.45, 7) is 5.31. The van der Waals surface area contributed by atoms with E-state index >= 15 is 0 Å². The fourth-order valence-electron chi connectivity index (χ4n) is 7.13. The van der Waals surface area contributed by atoms with E-state index in [1.54, 1.807) is 13.0 Å². The Bertz CT molecular complexity index is 750. The first-order valence-corrected chi connectivity index (χ1v) is 10.0. The molecule has 0 aliphatic heterocycles. The van der Waals surface area contributed by atoms with Gasteiger partial charge in [0.1, 0.15) is 6.61 Å². The number of hydrogen-bond acceptors (Lipinski definition) is 5. The summed E-state index contributed by atoms with van der Waals surface area (Å²) in [5.41, 5.74) is -1.48. The Morgan fingerprint density at radius 1 is 1.26 bits per heavy atom. The molecule has 4 rings (SSSR count). The minimum atomic E-state index is -1.23. The standard InChI is InChI=1S/C22H30O5/c1-20-10-17(25)19-14(15(20)6-7-16(20)18(26)11-23)5-4-12-8-13(24)9-21(2,27)22(12,19)3/h4-5,8,14-17,19,23,25,27H,6-7,9-11H2,1-3H3/t14-,15-,16+,17-,19+,20-,21?,22-/m0/s1. The summed E-state index contributed by atoms with van der Waals surface area (Å²) in [7, 11) is 0. The van der Waals surface area contributed by atoms with Crippen LogP contribution in [-0.4, -0.2) is 45.2 Å². The molecule has 0 aromatic carbocycles. The first-order chi connectivity index (χ1) is 12.6. The second-order valence-electron chi connectivity index (χ2n) is 9.82. The van der Waals surface area contributed by atoms with E-state index < -0.39 is 23.7 Å². The lowest BCUT2D eigenvalue weighted by Gasteiger charge is -2.61. The van der Waals surface area contributed by atoms with Crippen molar-refractivity contribution in [3.8, 4) is 0 Å². The van der Waals surface area contributed by atoms with Gasteiger partial charge in [0.2, 0.25) is 0 Å². The zero-order valence-corrected chi connectivity index (χ0v) is 16.3. The third kappa shape index (κ3) is 2.34. The van der Waals surface area contributed by atoms with Gasteiger partial charge in [-0.15, -0.1) is 0 Å². The average Bonchev–Trinajstić information content (AvgIpc) is 2.91. The van der Waals surface area contributed by atoms with Crippen LogP contribution in [0.25, 0.3) is 0 Å². The maximum Gasteiger partial charge on any atom is 0.161 e. The highest BCUT2D eigenvalue weighted by atomic mass is 16.3. The first kappa shape index (κ1) is 19.0. The number of carbonyl (C=O) groups excluding carboxylic acids is 2. The van der Waals surface area contributed by atoms with Crippen molar-refractivity contribution in [2.24, 2.45) is 34.5 Å². The quantitative estimate of drug-likeness (QED) is 0.685. The molecule has 0 aromatic heterocycles. The smallest absolute Gasteiger partial charge is 0.161 e. The van der Waals surface area contributed by atoms with Crippen LogP contribution >= 0.6 is 0 Å². The van der Waals surface area contributed by atoms with Gasteiger partial charge in [0, 0.05) is 23.7 Å². The predicted octanol–water partition coefficient (Wildman–Crippen LogP) is 1.80. The van der Waals surface area contributed by atoms with Crippen molar-refractivity contribution in [1.82, 2.24) is 0 Å². The molecule has 0 saturated heterocycles. The lowest BCUT2D eigenvalue weighted by molar-refractivity contribution is -0.170. The third-order valence-corrected chi connectivity index (χ3v) is 8.61. The van der Waals surface area contributed by atoms with Crippen molar-refractivity contribution in [1.29, 1.82) is 0 Å². The van der Waals surface area contributed by atoms with Gasteiger partial charge < -0.3 is 15.3 Å². The Labute approximate surface area is 160 Å². The van der Waals surface area contributed by atoms with Crippen molar-refractivity contribution in [3.63, 3.8) is 0 Å². The highest BCUT2D eigenvalue weighted by Gasteiger charge is 2.65. The van der Waals surface area contributed by atoms with E-state index in [0.717, 1.165) is 18.4 Å². The summed E-state index contributed by atoms with van der Waals surface area (Å²) < 4.78 is 0. The van der Waals surface area contributed by atoms with Crippen molar-refractivity contribution < 1.29 is 24.9 Å². The number of carbonyl (C=O) groups is 2. The molecule has 0 heterocycles. The molecule has 3 N–H and O–H groups in total. The van der Waals surface area contributed by atoms with Gasteiger partial charge in [0.15, 0.2) is 11.6 Å². The molecule has 1 unspecified atom stereocenters. The number of aliphatic hydroxyl groups excluding tert-OH is 2. The Morgan fingerprint density at radius 3 is 2.63 bits per heavy atom. The largest absolute Gasteiger partial charge is 0.393 e. The molecular weight excluding hydrogens is 344 g/mol. The van der Waals surface area contributed by atoms with E-state index in [4.69, 9.17) is 0 Å². The number of ketones is 2. The van der Waals surface area contributed by atoms with E-state index in [1.165, 1.54) is 0 Å². The third-order valence-electron chi connectivity index (χ3n) is 8.61. The van der Waals surface area contributed by atoms with E-state index in [0.29, 0.717) is 6.42 Å². The van der Waals surface area contributed by atoms with Crippen LogP contribution < -0.4 is 0 Å². The number of Topliss-reactive ketones (excluding diaryl/α,β-unsaturated/α-hetero) is 1. The van der Waals surface area contributed by atoms with Crippen molar-refractivity contribution in [2.75, 3.05) is 6.61 Å². The lowest BCUT2D eigenvalue weighted by atomic mass is 9.44. The van der Waals surface area contributed by atoms with Crippen LogP contribution in [0.2, 0.25) is 0 Å². The Balaban J connectivity index is 1.81. The fourth-order valence-corrected chi connectivity index (χ4v) is 7.13. The predicted molar refractivity (Wildman–Crippen MR) is 99.6 cm³/mol. The molecule has 4 aliphatic rings. The molecule has 4 aliphatic carbocycles. The van der Waals surface area contributed by atoms with Crippen molar-refractivity contribution in [2.45, 2.75) is 58.2 Å². The van der Waals surface area contributed by atoms with Gasteiger partial charge in [-0.05, 0) is 55.1 Å². The fraction of sp³-hybridized carbons (Fsp3) is 0.727. The summed E-state index contributed by atoms with van der Waals surface area (Å²) in [5.74, 6) is -0.383. The molecule has 148 valence electrons. The van der Waals surface area contributed by atoms with E-state index in [2.05, 4.69) is 13.0 Å². The summed E-state index contributed by atoms with van der Waals surface area (Å²) in [5, 5.41) is 31.9. The van der Waals surface area contributed by atoms with E-state index in [-0.39, 0.29) is 47.1 Å². The molecule has 0 spiro atoms. The van der Waals surface area contributed by atoms with Crippen LogP contribution in [0.3, 0.4) is 0 Å². The second-order valence-corrected chi connectivity index (χ2v) is 9.82. The summed E-state index contributed by atoms with van der Waals surface area (Å²) in [6, 6.07) is 0. The second kappa shape index (κ2) is 5.85. The number of allylic oxidation sites excluding steroid dienone is 3. The minimum Gasteiger partial charge on any atom is -0.393 e. The maximum absolute atomic E-state index is 12.3. The summed E-state index contributed by atoms with van der Waals surface area (Å²) in [6.07, 6.45) is 7.13. The SMILES string of the molecule is CC1(O)CC(=O)C=C2C=C[C@@H]3[C@H]([C@@H](O)C[C@]4(C)[C@@H](C(=O)CO)CC[C@@H]34)[C@]21C. The highest BCUT2D eigenvalue weighted by Crippen LogP contribution is 2.66. The van der Waals surface area contributed by atoms with Gasteiger partial charge in [-0.3, -0.25) is 9.59 Å². The zero-order chi connectivity index (χ0) is 19.8. The molecule has 0 bridgehead atoms. The van der Waals surface area contributed by atoms with Crippen LogP contribution in [-0.2, 0) is 9.59 Å². The monoisotopic (exact) mass is 374 g/mol. The van der Waals surface area contributed by atoms with Crippen LogP contribution in [0.15, 0.2) is 23.8 Å². The topological polar surface area (TPSA) is 94.8 Å². The molecule has 0 radical (unpaired) electrons. The van der Waals surface area contributed by atoms with Gasteiger partial charge >= 0.3 is 0 Å². The number of rotatable bonds is 2. The molecule has 2 fully saturated rings. The van der Waals surface area contributed by atoms with E-state index in [9.17, 15) is 24.9 Å². The molecule has 0 aromatic rings. The summed E-state index contributed by atoms with van der Waals surface area (Å²) >= 11 is 0. The number of hydrogen-bond donors (Lipinski definition) is 3. The molecule has 8 atom stereocenters. The van der Waals surface area contributed by atoms with Crippen molar-refractivity contribution >= 4 is 11.6 Å². The van der Waals surface area contributed by atoms with E-state index in [1.807, 2.05) is 13.0 Å². The van der Waals surface area contributed by atoms with Crippen LogP contribution in [0.4, 0.5) is 0 Å². The highest BCUT2D eigenvalue weighted by molar-refractivity contribution is 5.93. The number of aliphatic hydroxyl groups is 3. The average molecular weight is 374 g/mol. The van der Waals surface area contributed by atoms with Gasteiger partial charge in [0.25, 0.3) is 0 Å². The molecule has 27 heavy (non-hydrogen) atoms. The first-order valence-electron chi connectivity index (χ1n) is 10.0. The van der Waals surface area contributed by atoms with Gasteiger partial charge in [-0.2, -0.15) is 0 Å². The van der Waals surface area contributed by atoms with Crippen LogP contribution in [0.5, 0.6) is 0 Å². The molecule has 5 heteroatoms. The lowest BCUT2D eigenvalue weighted by Crippen LogP contribution is -2.63. The van der Waals surface area contributed by atoms with Gasteiger partial charge in [0.05, 0.1) is 11.7 Å². The van der Waals surface area contributed by atoms with Gasteiger partial charge in [-0.1, -0.05) is 26.0 Å². The van der Waals surface area contributed by atoms with Crippen LogP contribution in [0.1, 0.15) is 46.5 Å². The normalized spacial score (nSPS) is 51.3. The minimum absolute atomic E-state index is 0.0390. The molecular formula is C22H30O5. The maximum atomic E-state index is 12.3. The Kier molecular flexibility index (Phi) is 4.12. The molecule has 2 saturated carbocycles. The van der Waals surface area contributed by atoms with Crippen LogP contribution in [0, 0.1) is 34.5 Å². The Morgan fingerprint density at radius 2 is 1.96 bits per heavy atom. The zero-order valence-electron chi connectivity index (χ0n) is 16.3. The van der Waals surface area contributed by atoms with Crippen molar-refractivity contribution in [3.05, 3.63) is 23.8 Å². The van der Waals surface area contributed by atoms with Gasteiger partial charge in [-0.25, -0.2) is 0 Å². The Hall–Kier alpha value is -1.30. The molecule has 0 amide bonds. The molecule has 5 nitrogen and oxygen atoms in total. The number of fused-ring (bicyclic) bond motifs is 5.